The van der Waals surface area contributed by atoms with Gasteiger partial charge in [-0.1, -0.05) is 42.5 Å². The molecular weight excluding hydrogens is 495 g/mol. The summed E-state index contributed by atoms with van der Waals surface area (Å²) in [5, 5.41) is 6.14. The van der Waals surface area contributed by atoms with E-state index >= 15 is 0 Å². The van der Waals surface area contributed by atoms with Crippen molar-refractivity contribution in [3.05, 3.63) is 71.5 Å². The molecule has 1 unspecified atom stereocenters. The van der Waals surface area contributed by atoms with Crippen LogP contribution >= 0.6 is 0 Å². The maximum absolute atomic E-state index is 13.3. The van der Waals surface area contributed by atoms with Gasteiger partial charge < -0.3 is 25.2 Å². The first kappa shape index (κ1) is 28.9. The summed E-state index contributed by atoms with van der Waals surface area (Å²) in [6.45, 7) is 9.94. The van der Waals surface area contributed by atoms with Crippen molar-refractivity contribution >= 4 is 12.1 Å². The molecule has 0 aromatic heterocycles. The lowest BCUT2D eigenvalue weighted by Gasteiger charge is -2.42. The average Bonchev–Trinajstić information content (AvgIpc) is 2.90. The topological polar surface area (TPSA) is 73.9 Å². The van der Waals surface area contributed by atoms with Crippen molar-refractivity contribution < 1.29 is 18.7 Å². The van der Waals surface area contributed by atoms with Crippen LogP contribution in [0.25, 0.3) is 0 Å². The Hall–Kier alpha value is -3.13. The van der Waals surface area contributed by atoms with Crippen LogP contribution in [0.3, 0.4) is 0 Å². The summed E-state index contributed by atoms with van der Waals surface area (Å²) in [7, 11) is 0. The van der Waals surface area contributed by atoms with Crippen molar-refractivity contribution in [3.63, 3.8) is 0 Å². The minimum Gasteiger partial charge on any atom is -0.444 e. The summed E-state index contributed by atoms with van der Waals surface area (Å²) in [4.78, 5) is 30.0. The minimum absolute atomic E-state index is 0.181. The Balaban J connectivity index is 1.37. The molecule has 2 aliphatic heterocycles. The Labute approximate surface area is 232 Å². The number of halogens is 1. The number of likely N-dealkylation sites (tertiary alicyclic amines) is 2. The number of benzene rings is 2. The smallest absolute Gasteiger partial charge is 0.410 e. The molecule has 4 rings (SSSR count). The fourth-order valence-corrected chi connectivity index (χ4v) is 5.64. The minimum atomic E-state index is -0.572. The van der Waals surface area contributed by atoms with Crippen LogP contribution in [0.2, 0.25) is 0 Å². The summed E-state index contributed by atoms with van der Waals surface area (Å²) in [5.41, 5.74) is 1.63. The van der Waals surface area contributed by atoms with Gasteiger partial charge >= 0.3 is 12.1 Å². The fourth-order valence-electron chi connectivity index (χ4n) is 5.64. The monoisotopic (exact) mass is 538 g/mol. The number of carbonyl (C=O) groups is 2. The van der Waals surface area contributed by atoms with Gasteiger partial charge in [0.1, 0.15) is 11.4 Å². The second-order valence-electron chi connectivity index (χ2n) is 12.0. The molecule has 2 aliphatic rings. The van der Waals surface area contributed by atoms with E-state index < -0.39 is 5.60 Å². The van der Waals surface area contributed by atoms with E-state index in [1.807, 2.05) is 63.2 Å². The molecule has 8 heteroatoms. The van der Waals surface area contributed by atoms with Gasteiger partial charge in [-0.3, -0.25) is 0 Å². The quantitative estimate of drug-likeness (QED) is 0.508. The van der Waals surface area contributed by atoms with Crippen LogP contribution in [0.15, 0.2) is 54.6 Å². The fraction of sp³-hybridized carbons (Fsp3) is 0.548. The van der Waals surface area contributed by atoms with Crippen molar-refractivity contribution in [2.45, 2.75) is 64.6 Å². The van der Waals surface area contributed by atoms with E-state index in [0.717, 1.165) is 50.9 Å². The standard InChI is InChI=1S/C31H43FN4O3/c1-31(2,3)39-30(38)36-17-15-26(28(22-36)34-29(37)33-19-24-8-5-4-6-9-24)21-35-16-7-10-25(20-35)18-23-11-13-27(32)14-12-23/h4-6,8-9,11-14,25-26,28H,7,10,15-22H2,1-3H3,(H2,33,34,37)/t25?,26-,28-/m0/s1. The molecule has 2 aromatic rings. The van der Waals surface area contributed by atoms with E-state index in [1.165, 1.54) is 17.7 Å². The molecule has 2 N–H and O–H groups in total. The molecule has 2 heterocycles. The van der Waals surface area contributed by atoms with Crippen LogP contribution in [0, 0.1) is 17.7 Å². The second kappa shape index (κ2) is 13.3. The third-order valence-electron chi connectivity index (χ3n) is 7.55. The molecule has 2 aromatic carbocycles. The number of hydrogen-bond donors (Lipinski definition) is 2. The van der Waals surface area contributed by atoms with Crippen LogP contribution in [-0.4, -0.2) is 66.3 Å². The number of nitrogens with one attached hydrogen (secondary N) is 2. The summed E-state index contributed by atoms with van der Waals surface area (Å²) in [5.74, 6) is 0.537. The number of rotatable bonds is 7. The first-order chi connectivity index (χ1) is 18.6. The molecule has 0 saturated carbocycles. The van der Waals surface area contributed by atoms with Gasteiger partial charge in [0.15, 0.2) is 0 Å². The molecule has 212 valence electrons. The number of urea groups is 1. The molecule has 3 amide bonds. The van der Waals surface area contributed by atoms with E-state index in [1.54, 1.807) is 4.90 Å². The largest absolute Gasteiger partial charge is 0.444 e. The molecule has 0 aliphatic carbocycles. The van der Waals surface area contributed by atoms with Gasteiger partial charge in [-0.25, -0.2) is 14.0 Å². The van der Waals surface area contributed by atoms with Crippen LogP contribution in [0.5, 0.6) is 0 Å². The predicted octanol–water partition coefficient (Wildman–Crippen LogP) is 5.21. The first-order valence-corrected chi connectivity index (χ1v) is 14.2. The van der Waals surface area contributed by atoms with Gasteiger partial charge in [-0.15, -0.1) is 0 Å². The molecule has 0 spiro atoms. The zero-order chi connectivity index (χ0) is 27.8. The van der Waals surface area contributed by atoms with Gasteiger partial charge in [0.25, 0.3) is 0 Å². The van der Waals surface area contributed by atoms with E-state index in [4.69, 9.17) is 4.74 Å². The van der Waals surface area contributed by atoms with E-state index in [9.17, 15) is 14.0 Å². The Morgan fingerprint density at radius 3 is 2.44 bits per heavy atom. The SMILES string of the molecule is CC(C)(C)OC(=O)N1CC[C@@H](CN2CCCC(Cc3ccc(F)cc3)C2)[C@@H](NC(=O)NCc2ccccc2)C1. The number of piperidine rings is 2. The van der Waals surface area contributed by atoms with Gasteiger partial charge in [-0.05, 0) is 88.1 Å². The second-order valence-corrected chi connectivity index (χ2v) is 12.0. The van der Waals surface area contributed by atoms with Crippen molar-refractivity contribution in [1.29, 1.82) is 0 Å². The number of amides is 3. The zero-order valence-electron chi connectivity index (χ0n) is 23.5. The van der Waals surface area contributed by atoms with Crippen LogP contribution in [0.1, 0.15) is 51.2 Å². The van der Waals surface area contributed by atoms with Gasteiger partial charge in [0, 0.05) is 32.7 Å². The Morgan fingerprint density at radius 2 is 1.72 bits per heavy atom. The third kappa shape index (κ3) is 9.24. The lowest BCUT2D eigenvalue weighted by molar-refractivity contribution is 0.0113. The van der Waals surface area contributed by atoms with Gasteiger partial charge in [-0.2, -0.15) is 0 Å². The molecular formula is C31H43FN4O3. The molecule has 7 nitrogen and oxygen atoms in total. The highest BCUT2D eigenvalue weighted by Gasteiger charge is 2.36. The summed E-state index contributed by atoms with van der Waals surface area (Å²) >= 11 is 0. The zero-order valence-corrected chi connectivity index (χ0v) is 23.5. The number of carbonyl (C=O) groups excluding carboxylic acids is 2. The normalized spacial score (nSPS) is 22.3. The highest BCUT2D eigenvalue weighted by Crippen LogP contribution is 2.26. The number of hydrogen-bond acceptors (Lipinski definition) is 4. The van der Waals surface area contributed by atoms with Crippen molar-refractivity contribution in [1.82, 2.24) is 20.4 Å². The summed E-state index contributed by atoms with van der Waals surface area (Å²) in [6.07, 6.45) is 3.68. The van der Waals surface area contributed by atoms with Gasteiger partial charge in [0.2, 0.25) is 0 Å². The Morgan fingerprint density at radius 1 is 0.974 bits per heavy atom. The lowest BCUT2D eigenvalue weighted by Crippen LogP contribution is -2.58. The van der Waals surface area contributed by atoms with Crippen LogP contribution in [0.4, 0.5) is 14.0 Å². The average molecular weight is 539 g/mol. The summed E-state index contributed by atoms with van der Waals surface area (Å²) < 4.78 is 19.0. The maximum Gasteiger partial charge on any atom is 0.410 e. The van der Waals surface area contributed by atoms with E-state index in [2.05, 4.69) is 15.5 Å². The van der Waals surface area contributed by atoms with Gasteiger partial charge in [0.05, 0.1) is 6.04 Å². The van der Waals surface area contributed by atoms with E-state index in [-0.39, 0.29) is 29.9 Å². The highest BCUT2D eigenvalue weighted by molar-refractivity contribution is 5.74. The van der Waals surface area contributed by atoms with E-state index in [0.29, 0.717) is 25.6 Å². The Bertz CT molecular complexity index is 1070. The van der Waals surface area contributed by atoms with Crippen LogP contribution in [-0.2, 0) is 17.7 Å². The molecule has 2 saturated heterocycles. The predicted molar refractivity (Wildman–Crippen MR) is 151 cm³/mol. The summed E-state index contributed by atoms with van der Waals surface area (Å²) in [6, 6.07) is 16.2. The van der Waals surface area contributed by atoms with Crippen molar-refractivity contribution in [2.24, 2.45) is 11.8 Å². The third-order valence-corrected chi connectivity index (χ3v) is 7.55. The number of ether oxygens (including phenoxy) is 1. The lowest BCUT2D eigenvalue weighted by atomic mass is 9.87. The molecule has 3 atom stereocenters. The number of nitrogens with zero attached hydrogens (tertiary/aromatic N) is 2. The molecule has 39 heavy (non-hydrogen) atoms. The highest BCUT2D eigenvalue weighted by atomic mass is 19.1. The molecule has 0 bridgehead atoms. The first-order valence-electron chi connectivity index (χ1n) is 14.2. The van der Waals surface area contributed by atoms with Crippen molar-refractivity contribution in [2.75, 3.05) is 32.7 Å². The Kier molecular flexibility index (Phi) is 9.83. The maximum atomic E-state index is 13.3. The van der Waals surface area contributed by atoms with Crippen LogP contribution < -0.4 is 10.6 Å². The molecule has 0 radical (unpaired) electrons. The van der Waals surface area contributed by atoms with Crippen molar-refractivity contribution in [3.8, 4) is 0 Å². The molecule has 2 fully saturated rings.